The SMILES string of the molecule is [CH]1c2ccccc2C=NN1C1=[N+]N=Cc2ccccc21. The molecule has 0 bridgehead atoms. The van der Waals surface area contributed by atoms with Crippen LogP contribution in [0.25, 0.3) is 0 Å². The summed E-state index contributed by atoms with van der Waals surface area (Å²) in [5.41, 5.74) is 4.32. The summed E-state index contributed by atoms with van der Waals surface area (Å²) in [5, 5.41) is 14.5. The third-order valence-corrected chi connectivity index (χ3v) is 3.35. The van der Waals surface area contributed by atoms with Gasteiger partial charge in [0.15, 0.2) is 6.54 Å². The fraction of sp³-hybridized carbons (Fsp3) is 0. The van der Waals surface area contributed by atoms with Crippen LogP contribution in [0, 0.1) is 6.54 Å². The maximum atomic E-state index is 4.44. The molecule has 0 aliphatic carbocycles. The summed E-state index contributed by atoms with van der Waals surface area (Å²) < 4.78 is 0. The molecule has 2 heterocycles. The highest BCUT2D eigenvalue weighted by molar-refractivity contribution is 6.07. The maximum Gasteiger partial charge on any atom is 0.379 e. The third kappa shape index (κ3) is 1.73. The minimum atomic E-state index is 0.744. The molecule has 0 aromatic heterocycles. The average Bonchev–Trinajstić information content (AvgIpc) is 2.54. The molecule has 2 aliphatic rings. The Morgan fingerprint density at radius 2 is 1.55 bits per heavy atom. The Morgan fingerprint density at radius 3 is 2.45 bits per heavy atom. The monoisotopic (exact) mass is 259 g/mol. The molecule has 0 saturated heterocycles. The van der Waals surface area contributed by atoms with E-state index < -0.39 is 0 Å². The summed E-state index contributed by atoms with van der Waals surface area (Å²) in [4.78, 5) is 0. The van der Waals surface area contributed by atoms with Gasteiger partial charge in [-0.15, -0.1) is 5.01 Å². The highest BCUT2D eigenvalue weighted by Crippen LogP contribution is 2.20. The van der Waals surface area contributed by atoms with Gasteiger partial charge >= 0.3 is 5.84 Å². The Bertz CT molecular complexity index is 759. The second-order valence-electron chi connectivity index (χ2n) is 4.60. The topological polar surface area (TPSA) is 42.1 Å². The van der Waals surface area contributed by atoms with Crippen LogP contribution in [-0.2, 0) is 0 Å². The van der Waals surface area contributed by atoms with Crippen LogP contribution in [0.2, 0.25) is 0 Å². The zero-order valence-corrected chi connectivity index (χ0v) is 10.6. The van der Waals surface area contributed by atoms with Crippen molar-refractivity contribution in [2.45, 2.75) is 0 Å². The molecule has 4 heteroatoms. The van der Waals surface area contributed by atoms with Gasteiger partial charge in [-0.2, -0.15) is 0 Å². The quantitative estimate of drug-likeness (QED) is 0.713. The van der Waals surface area contributed by atoms with Crippen LogP contribution in [0.3, 0.4) is 0 Å². The van der Waals surface area contributed by atoms with Gasteiger partial charge < -0.3 is 0 Å². The van der Waals surface area contributed by atoms with Gasteiger partial charge in [-0.05, 0) is 11.2 Å². The molecule has 0 N–H and O–H groups in total. The Morgan fingerprint density at radius 1 is 0.800 bits per heavy atom. The van der Waals surface area contributed by atoms with Crippen molar-refractivity contribution in [1.29, 1.82) is 0 Å². The first-order chi connectivity index (χ1) is 9.92. The summed E-state index contributed by atoms with van der Waals surface area (Å²) in [5.74, 6) is 0.744. The molecule has 94 valence electrons. The second kappa shape index (κ2) is 4.42. The summed E-state index contributed by atoms with van der Waals surface area (Å²) in [6, 6.07) is 16.2. The molecule has 0 fully saturated rings. The lowest BCUT2D eigenvalue weighted by Gasteiger charge is -2.16. The lowest BCUT2D eigenvalue weighted by molar-refractivity contribution is 0.543. The molecule has 0 atom stereocenters. The third-order valence-electron chi connectivity index (χ3n) is 3.35. The normalized spacial score (nSPS) is 15.6. The Kier molecular flexibility index (Phi) is 2.45. The van der Waals surface area contributed by atoms with Gasteiger partial charge in [0.25, 0.3) is 0 Å². The highest BCUT2D eigenvalue weighted by atomic mass is 15.5. The summed E-state index contributed by atoms with van der Waals surface area (Å²) in [7, 11) is 0. The van der Waals surface area contributed by atoms with E-state index in [0.717, 1.165) is 28.1 Å². The summed E-state index contributed by atoms with van der Waals surface area (Å²) >= 11 is 0. The van der Waals surface area contributed by atoms with Crippen LogP contribution in [0.15, 0.2) is 58.7 Å². The number of hydrogen-bond acceptors (Lipinski definition) is 4. The van der Waals surface area contributed by atoms with Crippen molar-refractivity contribution in [3.05, 3.63) is 77.3 Å². The number of hydrogen-bond donors (Lipinski definition) is 0. The zero-order chi connectivity index (χ0) is 13.4. The standard InChI is InChI=1S/C16H11N4/c1-2-7-14-11-20(18-10-12(14)5-1)16-15-8-4-3-6-13(15)9-17-19-16/h1-11H/q+1. The number of rotatable bonds is 0. The van der Waals surface area contributed by atoms with Crippen LogP contribution >= 0.6 is 0 Å². The molecule has 2 aliphatic heterocycles. The molecule has 2 aromatic carbocycles. The second-order valence-corrected chi connectivity index (χ2v) is 4.60. The predicted molar refractivity (Wildman–Crippen MR) is 79.6 cm³/mol. The van der Waals surface area contributed by atoms with Crippen molar-refractivity contribution in [3.63, 3.8) is 0 Å². The first kappa shape index (κ1) is 11.1. The van der Waals surface area contributed by atoms with E-state index in [0.29, 0.717) is 0 Å². The lowest BCUT2D eigenvalue weighted by atomic mass is 10.0. The molecule has 4 rings (SSSR count). The first-order valence-electron chi connectivity index (χ1n) is 6.39. The van der Waals surface area contributed by atoms with E-state index in [-0.39, 0.29) is 0 Å². The van der Waals surface area contributed by atoms with E-state index in [2.05, 4.69) is 21.4 Å². The van der Waals surface area contributed by atoms with Crippen LogP contribution in [0.5, 0.6) is 0 Å². The van der Waals surface area contributed by atoms with Gasteiger partial charge in [-0.1, -0.05) is 47.6 Å². The number of nitrogens with zero attached hydrogens (tertiary/aromatic N) is 4. The molecule has 0 spiro atoms. The molecule has 2 aromatic rings. The molecule has 20 heavy (non-hydrogen) atoms. The molecule has 0 saturated carbocycles. The van der Waals surface area contributed by atoms with Crippen molar-refractivity contribution in [2.24, 2.45) is 10.2 Å². The van der Waals surface area contributed by atoms with Gasteiger partial charge in [-0.3, -0.25) is 0 Å². The molecule has 2 radical (unpaired) electrons. The number of fused-ring (bicyclic) bond motifs is 2. The highest BCUT2D eigenvalue weighted by Gasteiger charge is 2.31. The number of hydrazone groups is 1. The largest absolute Gasteiger partial charge is 0.379 e. The van der Waals surface area contributed by atoms with E-state index in [1.165, 1.54) is 0 Å². The van der Waals surface area contributed by atoms with Gasteiger partial charge in [0.05, 0.1) is 23.1 Å². The van der Waals surface area contributed by atoms with Crippen molar-refractivity contribution in [1.82, 2.24) is 10.1 Å². The predicted octanol–water partition coefficient (Wildman–Crippen LogP) is 1.98. The molecule has 4 nitrogen and oxygen atoms in total. The summed E-state index contributed by atoms with van der Waals surface area (Å²) in [6.45, 7) is 1.98. The summed E-state index contributed by atoms with van der Waals surface area (Å²) in [6.07, 6.45) is 3.61. The average molecular weight is 259 g/mol. The number of benzene rings is 2. The van der Waals surface area contributed by atoms with Gasteiger partial charge in [0.2, 0.25) is 0 Å². The van der Waals surface area contributed by atoms with Gasteiger partial charge in [0, 0.05) is 16.7 Å². The van der Waals surface area contributed by atoms with Gasteiger partial charge in [0.1, 0.15) is 0 Å². The van der Waals surface area contributed by atoms with E-state index in [1.54, 1.807) is 11.2 Å². The minimum Gasteiger partial charge on any atom is -0.115 e. The Labute approximate surface area is 116 Å². The number of amidine groups is 1. The molecular weight excluding hydrogens is 248 g/mol. The van der Waals surface area contributed by atoms with Gasteiger partial charge in [-0.25, -0.2) is 0 Å². The zero-order valence-electron chi connectivity index (χ0n) is 10.6. The van der Waals surface area contributed by atoms with E-state index in [4.69, 9.17) is 0 Å². The minimum absolute atomic E-state index is 0.744. The lowest BCUT2D eigenvalue weighted by Crippen LogP contribution is -2.32. The molecular formula is C16H11N4+. The smallest absolute Gasteiger partial charge is 0.115 e. The maximum absolute atomic E-state index is 4.44. The fourth-order valence-electron chi connectivity index (χ4n) is 2.33. The van der Waals surface area contributed by atoms with E-state index >= 15 is 0 Å². The molecule has 0 amide bonds. The Hall–Kier alpha value is -2.75. The van der Waals surface area contributed by atoms with Crippen molar-refractivity contribution < 1.29 is 0 Å². The van der Waals surface area contributed by atoms with Crippen molar-refractivity contribution in [3.8, 4) is 0 Å². The van der Waals surface area contributed by atoms with Crippen LogP contribution in [0.1, 0.15) is 22.3 Å². The van der Waals surface area contributed by atoms with Crippen LogP contribution < -0.4 is 5.10 Å². The fourth-order valence-corrected chi connectivity index (χ4v) is 2.33. The van der Waals surface area contributed by atoms with E-state index in [9.17, 15) is 0 Å². The molecule has 0 unspecified atom stereocenters. The Balaban J connectivity index is 1.74. The van der Waals surface area contributed by atoms with Crippen molar-refractivity contribution in [2.75, 3.05) is 0 Å². The first-order valence-corrected chi connectivity index (χ1v) is 6.39. The van der Waals surface area contributed by atoms with Crippen LogP contribution in [-0.4, -0.2) is 23.3 Å². The van der Waals surface area contributed by atoms with Crippen molar-refractivity contribution >= 4 is 18.3 Å². The van der Waals surface area contributed by atoms with E-state index in [1.807, 2.05) is 55.2 Å². The van der Waals surface area contributed by atoms with Crippen LogP contribution in [0.4, 0.5) is 0 Å².